The number of para-hydroxylation sites is 2. The van der Waals surface area contributed by atoms with Crippen LogP contribution in [0.2, 0.25) is 0 Å². The van der Waals surface area contributed by atoms with E-state index in [1.165, 1.54) is 0 Å². The van der Waals surface area contributed by atoms with Crippen LogP contribution < -0.4 is 20.4 Å². The fourth-order valence-corrected chi connectivity index (χ4v) is 10.4. The van der Waals surface area contributed by atoms with Crippen LogP contribution in [-0.4, -0.2) is 85.3 Å². The number of nitrogens with zero attached hydrogens (tertiary/aromatic N) is 4. The van der Waals surface area contributed by atoms with Crippen LogP contribution in [0.5, 0.6) is 0 Å². The molecule has 0 saturated carbocycles. The molecule has 4 aliphatic rings. The second-order valence-corrected chi connectivity index (χ2v) is 16.5. The number of hydrogen-bond donors (Lipinski definition) is 2. The fourth-order valence-electron chi connectivity index (χ4n) is 10.4. The Morgan fingerprint density at radius 3 is 1.93 bits per heavy atom. The summed E-state index contributed by atoms with van der Waals surface area (Å²) >= 11 is 0. The van der Waals surface area contributed by atoms with Crippen molar-refractivity contribution < 1.29 is 28.7 Å². The van der Waals surface area contributed by atoms with Crippen LogP contribution in [0.25, 0.3) is 0 Å². The van der Waals surface area contributed by atoms with Crippen LogP contribution >= 0.6 is 0 Å². The van der Waals surface area contributed by atoms with Gasteiger partial charge in [-0.05, 0) is 136 Å². The van der Waals surface area contributed by atoms with Gasteiger partial charge in [-0.2, -0.15) is 0 Å². The van der Waals surface area contributed by atoms with Crippen molar-refractivity contribution in [2.24, 2.45) is 5.92 Å². The van der Waals surface area contributed by atoms with Crippen LogP contribution in [0.4, 0.5) is 43.7 Å². The van der Waals surface area contributed by atoms with E-state index in [-0.39, 0.29) is 55.5 Å². The highest BCUT2D eigenvalue weighted by Gasteiger charge is 2.51. The van der Waals surface area contributed by atoms with Gasteiger partial charge in [0.2, 0.25) is 11.8 Å². The van der Waals surface area contributed by atoms with Gasteiger partial charge in [0.25, 0.3) is 0 Å². The smallest absolute Gasteiger partial charge is 0.411 e. The minimum absolute atomic E-state index is 0.00676. The number of fused-ring (bicyclic) bond motifs is 6. The summed E-state index contributed by atoms with van der Waals surface area (Å²) in [6, 6.07) is 28.5. The van der Waals surface area contributed by atoms with Gasteiger partial charge in [-0.25, -0.2) is 9.59 Å². The third kappa shape index (κ3) is 8.61. The number of nitrogens with one attached hydrogen (secondary N) is 2. The van der Waals surface area contributed by atoms with E-state index >= 15 is 4.79 Å². The first kappa shape index (κ1) is 42.0. The second-order valence-electron chi connectivity index (χ2n) is 16.5. The van der Waals surface area contributed by atoms with Crippen LogP contribution in [0.1, 0.15) is 81.5 Å². The number of amides is 4. The monoisotopic (exact) mass is 826 g/mol. The maximum absolute atomic E-state index is 15.0. The Morgan fingerprint density at radius 1 is 0.672 bits per heavy atom. The van der Waals surface area contributed by atoms with Crippen molar-refractivity contribution in [2.75, 3.05) is 59.8 Å². The summed E-state index contributed by atoms with van der Waals surface area (Å²) in [4.78, 5) is 63.1. The Labute approximate surface area is 359 Å². The molecule has 2 bridgehead atoms. The number of anilines is 6. The van der Waals surface area contributed by atoms with Gasteiger partial charge in [0.15, 0.2) is 0 Å². The molecule has 0 aliphatic carbocycles. The van der Waals surface area contributed by atoms with Crippen molar-refractivity contribution in [1.29, 1.82) is 0 Å². The van der Waals surface area contributed by atoms with Gasteiger partial charge in [0, 0.05) is 36.4 Å². The lowest BCUT2D eigenvalue weighted by Gasteiger charge is -2.33. The number of hydrogen-bond acceptors (Lipinski definition) is 8. The molecule has 2 N–H and O–H groups in total. The molecule has 0 radical (unpaired) electrons. The summed E-state index contributed by atoms with van der Waals surface area (Å²) in [5, 5.41) is 5.73. The van der Waals surface area contributed by atoms with Gasteiger partial charge in [-0.1, -0.05) is 62.4 Å². The number of aryl methyl sites for hydroxylation is 2. The van der Waals surface area contributed by atoms with Crippen LogP contribution in [-0.2, 0) is 38.3 Å². The molecule has 12 heteroatoms. The normalized spacial score (nSPS) is 20.1. The molecule has 2 unspecified atom stereocenters. The van der Waals surface area contributed by atoms with Crippen LogP contribution in [0.3, 0.4) is 0 Å². The average Bonchev–Trinajstić information content (AvgIpc) is 3.68. The SMILES string of the molecule is CCOC(=O)Nc1ccc2c(c1)N(C(=O)CN1[C@@H]3CC[C@H]1C(C1Cc4ccccc4N(C(=O)CCN(CC)CC)c4cc(NC(=O)OCC)ccc41)C3)c1ccccc1CC2. The molecule has 320 valence electrons. The Balaban J connectivity index is 1.13. The predicted molar refractivity (Wildman–Crippen MR) is 239 cm³/mol. The average molecular weight is 827 g/mol. The standard InChI is InChI=1S/C49H58N6O6/c1-5-52(6-2)26-25-46(56)55-42-16-12-10-14-34(42)27-39(38-23-21-36(29-45(38)55)51-49(59)61-8-4)40-30-37-22-24-43(40)53(37)31-47(57)54-41-15-11-9-13-32(41)17-18-33-19-20-35(28-44(33)54)50-48(58)60-7-3/h9-16,19-21,23,28-29,37,39-40,43H,5-8,17-18,22,24-27,30-31H2,1-4H3,(H,50,58)(H,51,59)/t37-,39?,40?,43+/m1/s1. The molecule has 2 fully saturated rings. The van der Waals surface area contributed by atoms with E-state index in [0.717, 1.165) is 96.6 Å². The first-order chi connectivity index (χ1) is 29.7. The molecule has 4 amide bonds. The third-order valence-electron chi connectivity index (χ3n) is 13.2. The molecular formula is C49H58N6O6. The summed E-state index contributed by atoms with van der Waals surface area (Å²) in [7, 11) is 0. The zero-order valence-electron chi connectivity index (χ0n) is 35.8. The van der Waals surface area contributed by atoms with E-state index in [0.29, 0.717) is 24.3 Å². The van der Waals surface area contributed by atoms with E-state index in [1.54, 1.807) is 13.8 Å². The highest BCUT2D eigenvalue weighted by molar-refractivity contribution is 6.05. The van der Waals surface area contributed by atoms with E-state index in [4.69, 9.17) is 9.47 Å². The summed E-state index contributed by atoms with van der Waals surface area (Å²) in [6.45, 7) is 10.9. The van der Waals surface area contributed by atoms with Gasteiger partial charge >= 0.3 is 12.2 Å². The first-order valence-electron chi connectivity index (χ1n) is 22.1. The lowest BCUT2D eigenvalue weighted by molar-refractivity contribution is -0.119. The summed E-state index contributed by atoms with van der Waals surface area (Å²) in [5.74, 6) is 0.274. The maximum atomic E-state index is 15.0. The molecule has 12 nitrogen and oxygen atoms in total. The minimum Gasteiger partial charge on any atom is -0.450 e. The molecule has 4 aliphatic heterocycles. The van der Waals surface area contributed by atoms with Crippen molar-refractivity contribution >= 4 is 58.1 Å². The van der Waals surface area contributed by atoms with E-state index in [9.17, 15) is 14.4 Å². The zero-order chi connectivity index (χ0) is 42.6. The number of carbonyl (C=O) groups is 4. The fraction of sp³-hybridized carbons (Fsp3) is 0.429. The van der Waals surface area contributed by atoms with E-state index in [2.05, 4.69) is 58.5 Å². The molecule has 0 aromatic heterocycles. The van der Waals surface area contributed by atoms with Crippen molar-refractivity contribution in [3.8, 4) is 0 Å². The summed E-state index contributed by atoms with van der Waals surface area (Å²) < 4.78 is 10.4. The molecule has 4 heterocycles. The van der Waals surface area contributed by atoms with Crippen molar-refractivity contribution in [1.82, 2.24) is 9.80 Å². The number of carbonyl (C=O) groups excluding carboxylic acids is 4. The van der Waals surface area contributed by atoms with Crippen molar-refractivity contribution in [2.45, 2.75) is 90.6 Å². The largest absolute Gasteiger partial charge is 0.450 e. The van der Waals surface area contributed by atoms with Crippen LogP contribution in [0, 0.1) is 5.92 Å². The quantitative estimate of drug-likeness (QED) is 0.145. The summed E-state index contributed by atoms with van der Waals surface area (Å²) in [6.07, 6.45) is 4.51. The number of benzene rings is 4. The second kappa shape index (κ2) is 18.5. The van der Waals surface area contributed by atoms with Gasteiger partial charge in [-0.15, -0.1) is 0 Å². The lowest BCUT2D eigenvalue weighted by Crippen LogP contribution is -2.42. The van der Waals surface area contributed by atoms with E-state index < -0.39 is 12.2 Å². The highest BCUT2D eigenvalue weighted by Crippen LogP contribution is 2.53. The molecule has 2 saturated heterocycles. The Hall–Kier alpha value is -5.72. The molecule has 4 atom stereocenters. The minimum atomic E-state index is -0.540. The van der Waals surface area contributed by atoms with Crippen molar-refractivity contribution in [3.63, 3.8) is 0 Å². The molecule has 4 aromatic carbocycles. The molecule has 4 aromatic rings. The van der Waals surface area contributed by atoms with Gasteiger partial charge in [0.05, 0.1) is 42.5 Å². The van der Waals surface area contributed by atoms with E-state index in [1.807, 2.05) is 70.5 Å². The van der Waals surface area contributed by atoms with Crippen LogP contribution in [0.15, 0.2) is 84.9 Å². The molecule has 8 rings (SSSR count). The Morgan fingerprint density at radius 2 is 1.26 bits per heavy atom. The van der Waals surface area contributed by atoms with Crippen molar-refractivity contribution in [3.05, 3.63) is 107 Å². The highest BCUT2D eigenvalue weighted by atomic mass is 16.6. The molecule has 0 spiro atoms. The summed E-state index contributed by atoms with van der Waals surface area (Å²) in [5.41, 5.74) is 8.77. The zero-order valence-corrected chi connectivity index (χ0v) is 35.8. The maximum Gasteiger partial charge on any atom is 0.411 e. The van der Waals surface area contributed by atoms with Gasteiger partial charge < -0.3 is 14.4 Å². The van der Waals surface area contributed by atoms with Gasteiger partial charge in [-0.3, -0.25) is 34.9 Å². The lowest BCUT2D eigenvalue weighted by atomic mass is 9.74. The van der Waals surface area contributed by atoms with Gasteiger partial charge in [0.1, 0.15) is 0 Å². The Kier molecular flexibility index (Phi) is 12.7. The topological polar surface area (TPSA) is 124 Å². The number of ether oxygens (including phenoxy) is 2. The Bertz CT molecular complexity index is 2280. The molecular weight excluding hydrogens is 769 g/mol. The number of rotatable bonds is 12. The molecule has 61 heavy (non-hydrogen) atoms. The third-order valence-corrected chi connectivity index (χ3v) is 13.2. The predicted octanol–water partition coefficient (Wildman–Crippen LogP) is 9.18. The first-order valence-corrected chi connectivity index (χ1v) is 22.1.